The van der Waals surface area contributed by atoms with Crippen LogP contribution in [0.2, 0.25) is 0 Å². The number of likely N-dealkylation sites (N-methyl/N-ethyl adjacent to an activating group) is 2. The second kappa shape index (κ2) is 6.46. The fourth-order valence-electron chi connectivity index (χ4n) is 1.56. The Morgan fingerprint density at radius 1 is 1.19 bits per heavy atom. The molecule has 21 heavy (non-hydrogen) atoms. The van der Waals surface area contributed by atoms with Gasteiger partial charge < -0.3 is 10.0 Å². The van der Waals surface area contributed by atoms with Gasteiger partial charge in [-0.25, -0.2) is 22.0 Å². The van der Waals surface area contributed by atoms with Crippen molar-refractivity contribution in [2.75, 3.05) is 34.2 Å². The van der Waals surface area contributed by atoms with Crippen molar-refractivity contribution < 1.29 is 27.1 Å². The molecule has 0 radical (unpaired) electrons. The Balaban J connectivity index is 3.27. The van der Waals surface area contributed by atoms with E-state index in [0.29, 0.717) is 12.6 Å². The molecule has 0 amide bonds. The lowest BCUT2D eigenvalue weighted by Crippen LogP contribution is -2.34. The predicted molar refractivity (Wildman–Crippen MR) is 71.7 cm³/mol. The molecule has 1 rings (SSSR count). The zero-order valence-corrected chi connectivity index (χ0v) is 12.6. The average Bonchev–Trinajstić information content (AvgIpc) is 2.34. The molecule has 6 nitrogen and oxygen atoms in total. The third-order valence-electron chi connectivity index (χ3n) is 2.82. The molecule has 0 aliphatic heterocycles. The number of rotatable bonds is 6. The van der Waals surface area contributed by atoms with E-state index in [1.807, 2.05) is 0 Å². The van der Waals surface area contributed by atoms with Gasteiger partial charge in [0.05, 0.1) is 0 Å². The van der Waals surface area contributed by atoms with Crippen molar-refractivity contribution in [2.24, 2.45) is 0 Å². The maximum absolute atomic E-state index is 14.0. The number of benzene rings is 1. The zero-order chi connectivity index (χ0) is 16.4. The van der Waals surface area contributed by atoms with Gasteiger partial charge in [-0.1, -0.05) is 0 Å². The lowest BCUT2D eigenvalue weighted by molar-refractivity contribution is 0.0685. The van der Waals surface area contributed by atoms with Crippen molar-refractivity contribution in [1.82, 2.24) is 9.21 Å². The normalized spacial score (nSPS) is 12.1. The van der Waals surface area contributed by atoms with Crippen molar-refractivity contribution in [3.05, 3.63) is 29.3 Å². The Morgan fingerprint density at radius 2 is 1.76 bits per heavy atom. The first-order valence-corrected chi connectivity index (χ1v) is 7.35. The van der Waals surface area contributed by atoms with Crippen molar-refractivity contribution in [2.45, 2.75) is 4.90 Å². The molecule has 0 aromatic heterocycles. The molecule has 0 spiro atoms. The van der Waals surface area contributed by atoms with E-state index < -0.39 is 38.1 Å². The predicted octanol–water partition coefficient (Wildman–Crippen LogP) is 0.845. The number of hydrogen-bond acceptors (Lipinski definition) is 4. The molecule has 0 atom stereocenters. The van der Waals surface area contributed by atoms with Gasteiger partial charge in [-0.2, -0.15) is 4.31 Å². The fraction of sp³-hybridized carbons (Fsp3) is 0.417. The summed E-state index contributed by atoms with van der Waals surface area (Å²) < 4.78 is 52.6. The number of aromatic carboxylic acids is 1. The van der Waals surface area contributed by atoms with E-state index in [0.717, 1.165) is 10.4 Å². The van der Waals surface area contributed by atoms with Gasteiger partial charge in [0.2, 0.25) is 10.0 Å². The summed E-state index contributed by atoms with van der Waals surface area (Å²) in [6.07, 6.45) is 0. The first kappa shape index (κ1) is 17.5. The SMILES string of the molecule is CN(C)CCN(C)S(=O)(=O)c1ccc(F)c(C(=O)O)c1F. The first-order chi connectivity index (χ1) is 9.59. The van der Waals surface area contributed by atoms with Crippen LogP contribution < -0.4 is 0 Å². The molecule has 0 aliphatic carbocycles. The van der Waals surface area contributed by atoms with Crippen molar-refractivity contribution in [1.29, 1.82) is 0 Å². The number of sulfonamides is 1. The Bertz CT molecular complexity index is 647. The molecule has 9 heteroatoms. The Morgan fingerprint density at radius 3 is 2.24 bits per heavy atom. The molecule has 0 saturated carbocycles. The van der Waals surface area contributed by atoms with Crippen LogP contribution in [0.5, 0.6) is 0 Å². The highest BCUT2D eigenvalue weighted by Crippen LogP contribution is 2.23. The molecule has 118 valence electrons. The highest BCUT2D eigenvalue weighted by Gasteiger charge is 2.29. The Kier molecular flexibility index (Phi) is 5.37. The van der Waals surface area contributed by atoms with Gasteiger partial charge in [-0.05, 0) is 26.2 Å². The molecule has 0 bridgehead atoms. The van der Waals surface area contributed by atoms with Crippen LogP contribution in [0.1, 0.15) is 10.4 Å². The van der Waals surface area contributed by atoms with Crippen LogP contribution in [0.25, 0.3) is 0 Å². The van der Waals surface area contributed by atoms with Gasteiger partial charge in [0.1, 0.15) is 16.3 Å². The summed E-state index contributed by atoms with van der Waals surface area (Å²) >= 11 is 0. The number of carboxylic acids is 1. The van der Waals surface area contributed by atoms with E-state index in [9.17, 15) is 22.0 Å². The first-order valence-electron chi connectivity index (χ1n) is 5.91. The average molecular weight is 322 g/mol. The molecule has 1 aromatic carbocycles. The summed E-state index contributed by atoms with van der Waals surface area (Å²) in [5.74, 6) is -4.79. The lowest BCUT2D eigenvalue weighted by atomic mass is 10.2. The summed E-state index contributed by atoms with van der Waals surface area (Å²) in [5.41, 5.74) is -1.28. The van der Waals surface area contributed by atoms with E-state index in [1.54, 1.807) is 19.0 Å². The number of carboxylic acid groups (broad SMARTS) is 1. The quantitative estimate of drug-likeness (QED) is 0.840. The molecule has 1 N–H and O–H groups in total. The zero-order valence-electron chi connectivity index (χ0n) is 11.8. The Labute approximate surface area is 121 Å². The van der Waals surface area contributed by atoms with Crippen LogP contribution in [0, 0.1) is 11.6 Å². The summed E-state index contributed by atoms with van der Waals surface area (Å²) in [6, 6.07) is 1.35. The second-order valence-electron chi connectivity index (χ2n) is 4.67. The maximum atomic E-state index is 14.0. The molecular formula is C12H16F2N2O4S. The fourth-order valence-corrected chi connectivity index (χ4v) is 2.78. The summed E-state index contributed by atoms with van der Waals surface area (Å²) in [5, 5.41) is 8.76. The van der Waals surface area contributed by atoms with Crippen LogP contribution in [0.3, 0.4) is 0 Å². The van der Waals surface area contributed by atoms with Crippen LogP contribution >= 0.6 is 0 Å². The minimum Gasteiger partial charge on any atom is -0.477 e. The lowest BCUT2D eigenvalue weighted by Gasteiger charge is -2.20. The van der Waals surface area contributed by atoms with Gasteiger partial charge in [0.15, 0.2) is 5.82 Å². The van der Waals surface area contributed by atoms with Gasteiger partial charge >= 0.3 is 5.97 Å². The van der Waals surface area contributed by atoms with Crippen LogP contribution in [0.4, 0.5) is 8.78 Å². The number of nitrogens with zero attached hydrogens (tertiary/aromatic N) is 2. The molecule has 0 unspecified atom stereocenters. The summed E-state index contributed by atoms with van der Waals surface area (Å²) in [4.78, 5) is 11.7. The van der Waals surface area contributed by atoms with Gasteiger partial charge in [-0.3, -0.25) is 0 Å². The second-order valence-corrected chi connectivity index (χ2v) is 6.68. The smallest absolute Gasteiger partial charge is 0.341 e. The molecule has 0 saturated heterocycles. The van der Waals surface area contributed by atoms with E-state index in [4.69, 9.17) is 5.11 Å². The van der Waals surface area contributed by atoms with Crippen molar-refractivity contribution in [3.63, 3.8) is 0 Å². The standard InChI is InChI=1S/C12H16F2N2O4S/c1-15(2)6-7-16(3)21(19,20)9-5-4-8(13)10(11(9)14)12(17)18/h4-5H,6-7H2,1-3H3,(H,17,18). The van der Waals surface area contributed by atoms with Crippen LogP contribution in [-0.4, -0.2) is 62.9 Å². The van der Waals surface area contributed by atoms with E-state index in [2.05, 4.69) is 0 Å². The topological polar surface area (TPSA) is 77.9 Å². The summed E-state index contributed by atoms with van der Waals surface area (Å²) in [6.45, 7) is 0.471. The minimum atomic E-state index is -4.24. The molecule has 1 aromatic rings. The number of carbonyl (C=O) groups is 1. The highest BCUT2D eigenvalue weighted by atomic mass is 32.2. The number of halogens is 2. The van der Waals surface area contributed by atoms with Gasteiger partial charge in [0.25, 0.3) is 0 Å². The van der Waals surface area contributed by atoms with Crippen molar-refractivity contribution in [3.8, 4) is 0 Å². The monoisotopic (exact) mass is 322 g/mol. The van der Waals surface area contributed by atoms with Gasteiger partial charge in [-0.15, -0.1) is 0 Å². The third kappa shape index (κ3) is 3.74. The molecule has 0 fully saturated rings. The van der Waals surface area contributed by atoms with E-state index >= 15 is 0 Å². The van der Waals surface area contributed by atoms with E-state index in [-0.39, 0.29) is 6.54 Å². The van der Waals surface area contributed by atoms with E-state index in [1.165, 1.54) is 7.05 Å². The number of hydrogen-bond donors (Lipinski definition) is 1. The Hall–Kier alpha value is -1.58. The van der Waals surface area contributed by atoms with Gasteiger partial charge in [0, 0.05) is 20.1 Å². The molecular weight excluding hydrogens is 306 g/mol. The summed E-state index contributed by atoms with van der Waals surface area (Å²) in [7, 11) is 0.477. The highest BCUT2D eigenvalue weighted by molar-refractivity contribution is 7.89. The molecule has 0 aliphatic rings. The van der Waals surface area contributed by atoms with Crippen LogP contribution in [-0.2, 0) is 10.0 Å². The minimum absolute atomic E-state index is 0.0779. The largest absolute Gasteiger partial charge is 0.477 e. The third-order valence-corrected chi connectivity index (χ3v) is 4.69. The van der Waals surface area contributed by atoms with Crippen LogP contribution in [0.15, 0.2) is 17.0 Å². The molecule has 0 heterocycles. The van der Waals surface area contributed by atoms with Crippen molar-refractivity contribution >= 4 is 16.0 Å². The maximum Gasteiger partial charge on any atom is 0.341 e.